The lowest BCUT2D eigenvalue weighted by atomic mass is 10.1. The number of carbonyl (C=O) groups excluding carboxylic acids is 2. The van der Waals surface area contributed by atoms with E-state index in [4.69, 9.17) is 0 Å². The zero-order valence-corrected chi connectivity index (χ0v) is 11.9. The predicted molar refractivity (Wildman–Crippen MR) is 71.9 cm³/mol. The van der Waals surface area contributed by atoms with Gasteiger partial charge in [-0.25, -0.2) is 0 Å². The molecule has 2 rings (SSSR count). The first-order valence-electron chi connectivity index (χ1n) is 5.81. The van der Waals surface area contributed by atoms with Crippen LogP contribution in [-0.4, -0.2) is 29.8 Å². The second-order valence-electron chi connectivity index (χ2n) is 4.46. The number of hydrogen-bond acceptors (Lipinski definition) is 3. The molecule has 4 nitrogen and oxygen atoms in total. The van der Waals surface area contributed by atoms with Gasteiger partial charge < -0.3 is 0 Å². The summed E-state index contributed by atoms with van der Waals surface area (Å²) in [4.78, 5) is 24.4. The molecule has 1 aromatic carbocycles. The van der Waals surface area contributed by atoms with Crippen molar-refractivity contribution in [3.05, 3.63) is 34.3 Å². The highest BCUT2D eigenvalue weighted by molar-refractivity contribution is 9.10. The molecule has 96 valence electrons. The van der Waals surface area contributed by atoms with Gasteiger partial charge in [-0.3, -0.25) is 19.8 Å². The zero-order chi connectivity index (χ0) is 13.3. The minimum Gasteiger partial charge on any atom is -0.299 e. The molecule has 1 saturated heterocycles. The van der Waals surface area contributed by atoms with Crippen LogP contribution in [0.4, 0.5) is 0 Å². The van der Waals surface area contributed by atoms with Gasteiger partial charge in [0.1, 0.15) is 0 Å². The van der Waals surface area contributed by atoms with E-state index in [-0.39, 0.29) is 24.3 Å². The average molecular weight is 311 g/mol. The molecule has 1 aliphatic rings. The van der Waals surface area contributed by atoms with Crippen molar-refractivity contribution < 1.29 is 9.59 Å². The molecule has 2 amide bonds. The maximum atomic E-state index is 11.8. The average Bonchev–Trinajstić information content (AvgIpc) is 2.57. The van der Waals surface area contributed by atoms with Crippen LogP contribution < -0.4 is 5.32 Å². The van der Waals surface area contributed by atoms with Crippen LogP contribution >= 0.6 is 15.9 Å². The predicted octanol–water partition coefficient (Wildman–Crippen LogP) is 1.86. The molecule has 1 unspecified atom stereocenters. The molecule has 1 aliphatic heterocycles. The topological polar surface area (TPSA) is 49.4 Å². The molecule has 1 fully saturated rings. The molecule has 0 spiro atoms. The normalized spacial score (nSPS) is 21.5. The molecule has 0 radical (unpaired) electrons. The van der Waals surface area contributed by atoms with Crippen molar-refractivity contribution in [2.45, 2.75) is 25.4 Å². The first-order valence-corrected chi connectivity index (χ1v) is 6.61. The Morgan fingerprint density at radius 3 is 2.61 bits per heavy atom. The van der Waals surface area contributed by atoms with Crippen LogP contribution in [0, 0.1) is 0 Å². The number of nitrogens with zero attached hydrogens (tertiary/aromatic N) is 1. The molecule has 18 heavy (non-hydrogen) atoms. The van der Waals surface area contributed by atoms with E-state index in [0.29, 0.717) is 0 Å². The Morgan fingerprint density at radius 1 is 1.39 bits per heavy atom. The van der Waals surface area contributed by atoms with Crippen LogP contribution in [-0.2, 0) is 9.59 Å². The van der Waals surface area contributed by atoms with Crippen LogP contribution in [0.2, 0.25) is 0 Å². The lowest BCUT2D eigenvalue weighted by Crippen LogP contribution is -2.38. The number of carbonyl (C=O) groups is 2. The Hall–Kier alpha value is -1.20. The van der Waals surface area contributed by atoms with Crippen molar-refractivity contribution in [3.8, 4) is 0 Å². The van der Waals surface area contributed by atoms with Gasteiger partial charge in [-0.15, -0.1) is 0 Å². The summed E-state index contributed by atoms with van der Waals surface area (Å²) >= 11 is 3.48. The van der Waals surface area contributed by atoms with Gasteiger partial charge >= 0.3 is 0 Å². The monoisotopic (exact) mass is 310 g/mol. The highest BCUT2D eigenvalue weighted by Crippen LogP contribution is 2.24. The van der Waals surface area contributed by atoms with E-state index in [1.807, 2.05) is 31.2 Å². The molecule has 5 heteroatoms. The van der Waals surface area contributed by atoms with E-state index in [0.717, 1.165) is 10.0 Å². The van der Waals surface area contributed by atoms with Crippen molar-refractivity contribution in [1.29, 1.82) is 0 Å². The van der Waals surface area contributed by atoms with Crippen molar-refractivity contribution in [2.75, 3.05) is 7.05 Å². The quantitative estimate of drug-likeness (QED) is 0.867. The zero-order valence-electron chi connectivity index (χ0n) is 10.3. The summed E-state index contributed by atoms with van der Waals surface area (Å²) in [5.74, 6) is -0.282. The third-order valence-electron chi connectivity index (χ3n) is 3.20. The summed E-state index contributed by atoms with van der Waals surface area (Å²) in [6, 6.07) is 7.44. The second-order valence-corrected chi connectivity index (χ2v) is 5.31. The summed E-state index contributed by atoms with van der Waals surface area (Å²) in [6.07, 6.45) is 0.240. The van der Waals surface area contributed by atoms with Gasteiger partial charge in [0, 0.05) is 17.6 Å². The highest BCUT2D eigenvalue weighted by atomic mass is 79.9. The Bertz CT molecular complexity index is 490. The third-order valence-corrected chi connectivity index (χ3v) is 3.93. The minimum absolute atomic E-state index is 0.00817. The van der Waals surface area contributed by atoms with Gasteiger partial charge in [0.15, 0.2) is 0 Å². The summed E-state index contributed by atoms with van der Waals surface area (Å²) in [5.41, 5.74) is 1.08. The van der Waals surface area contributed by atoms with Crippen molar-refractivity contribution >= 4 is 27.7 Å². The summed E-state index contributed by atoms with van der Waals surface area (Å²) < 4.78 is 0.995. The lowest BCUT2D eigenvalue weighted by Gasteiger charge is -2.19. The van der Waals surface area contributed by atoms with Crippen LogP contribution in [0.25, 0.3) is 0 Å². The largest absolute Gasteiger partial charge is 0.299 e. The number of halogens is 1. The maximum Gasteiger partial charge on any atom is 0.246 e. The van der Waals surface area contributed by atoms with Gasteiger partial charge in [-0.1, -0.05) is 34.1 Å². The second kappa shape index (κ2) is 5.20. The Kier molecular flexibility index (Phi) is 3.82. The lowest BCUT2D eigenvalue weighted by molar-refractivity contribution is -0.137. The number of likely N-dealkylation sites (N-methyl/N-ethyl adjacent to an activating group) is 1. The van der Waals surface area contributed by atoms with Gasteiger partial charge in [-0.2, -0.15) is 0 Å². The minimum atomic E-state index is -0.412. The molecule has 2 atom stereocenters. The van der Waals surface area contributed by atoms with Crippen molar-refractivity contribution in [1.82, 2.24) is 10.2 Å². The van der Waals surface area contributed by atoms with Crippen molar-refractivity contribution in [3.63, 3.8) is 0 Å². The van der Waals surface area contributed by atoms with E-state index in [9.17, 15) is 9.59 Å². The van der Waals surface area contributed by atoms with Crippen molar-refractivity contribution in [2.24, 2.45) is 0 Å². The Balaban J connectivity index is 2.09. The van der Waals surface area contributed by atoms with E-state index in [2.05, 4.69) is 21.2 Å². The van der Waals surface area contributed by atoms with Crippen LogP contribution in [0.3, 0.4) is 0 Å². The summed E-state index contributed by atoms with van der Waals surface area (Å²) in [7, 11) is 1.52. The third kappa shape index (κ3) is 2.47. The van der Waals surface area contributed by atoms with Crippen LogP contribution in [0.5, 0.6) is 0 Å². The molecule has 0 aliphatic carbocycles. The van der Waals surface area contributed by atoms with E-state index in [1.165, 1.54) is 11.9 Å². The van der Waals surface area contributed by atoms with Crippen LogP contribution in [0.1, 0.15) is 24.9 Å². The van der Waals surface area contributed by atoms with E-state index < -0.39 is 6.04 Å². The maximum absolute atomic E-state index is 11.8. The smallest absolute Gasteiger partial charge is 0.246 e. The highest BCUT2D eigenvalue weighted by Gasteiger charge is 2.36. The van der Waals surface area contributed by atoms with Gasteiger partial charge in [-0.05, 0) is 18.6 Å². The summed E-state index contributed by atoms with van der Waals surface area (Å²) in [6.45, 7) is 1.98. The molecule has 0 aromatic heterocycles. The number of amides is 2. The van der Waals surface area contributed by atoms with E-state index in [1.54, 1.807) is 0 Å². The molecule has 1 aromatic rings. The SMILES string of the molecule is C[C@@H](NC1CC(=O)N(C)C1=O)c1ccccc1Br. The Labute approximate surface area is 114 Å². The van der Waals surface area contributed by atoms with Gasteiger partial charge in [0.05, 0.1) is 12.5 Å². The molecule has 0 bridgehead atoms. The number of benzene rings is 1. The van der Waals surface area contributed by atoms with Crippen LogP contribution in [0.15, 0.2) is 28.7 Å². The molecule has 0 saturated carbocycles. The fourth-order valence-electron chi connectivity index (χ4n) is 2.10. The number of imide groups is 1. The first-order chi connectivity index (χ1) is 8.50. The number of hydrogen-bond donors (Lipinski definition) is 1. The first kappa shape index (κ1) is 13.2. The Morgan fingerprint density at radius 2 is 2.06 bits per heavy atom. The molecule has 1 heterocycles. The summed E-state index contributed by atoms with van der Waals surface area (Å²) in [5, 5.41) is 3.20. The number of rotatable bonds is 3. The van der Waals surface area contributed by atoms with Gasteiger partial charge in [0.2, 0.25) is 11.8 Å². The molecular weight excluding hydrogens is 296 g/mol. The fourth-order valence-corrected chi connectivity index (χ4v) is 2.73. The van der Waals surface area contributed by atoms with E-state index >= 15 is 0 Å². The van der Waals surface area contributed by atoms with Gasteiger partial charge in [0.25, 0.3) is 0 Å². The fraction of sp³-hybridized carbons (Fsp3) is 0.385. The standard InChI is InChI=1S/C13H15BrN2O2/c1-8(9-5-3-4-6-10(9)14)15-11-7-12(17)16(2)13(11)18/h3-6,8,11,15H,7H2,1-2H3/t8-,11?/m1/s1. The number of nitrogens with one attached hydrogen (secondary N) is 1. The molecular formula is C13H15BrN2O2. The number of likely N-dealkylation sites (tertiary alicyclic amines) is 1. The molecule has 1 N–H and O–H groups in total.